The fourth-order valence-corrected chi connectivity index (χ4v) is 2.23. The van der Waals surface area contributed by atoms with Crippen LogP contribution in [0.25, 0.3) is 0 Å². The van der Waals surface area contributed by atoms with Gasteiger partial charge >= 0.3 is 0 Å². The van der Waals surface area contributed by atoms with Crippen molar-refractivity contribution in [2.24, 2.45) is 7.05 Å². The van der Waals surface area contributed by atoms with Crippen LogP contribution in [0.5, 0.6) is 0 Å². The molecular weight excluding hydrogens is 194 g/mol. The molecule has 0 aliphatic rings. The van der Waals surface area contributed by atoms with Gasteiger partial charge in [0.1, 0.15) is 4.90 Å². The van der Waals surface area contributed by atoms with Crippen molar-refractivity contribution in [2.75, 3.05) is 0 Å². The van der Waals surface area contributed by atoms with E-state index in [1.165, 1.54) is 9.57 Å². The molecule has 1 heterocycles. The second-order valence-electron chi connectivity index (χ2n) is 2.72. The molecule has 1 aromatic rings. The number of rotatable bonds is 2. The van der Waals surface area contributed by atoms with Gasteiger partial charge < -0.3 is 5.21 Å². The Hall–Kier alpha value is -0.920. The Bertz CT molecular complexity index is 421. The lowest BCUT2D eigenvalue weighted by molar-refractivity contribution is 0.242. The molecular formula is C6H11N3O3S. The monoisotopic (exact) mass is 205 g/mol. The molecule has 13 heavy (non-hydrogen) atoms. The van der Waals surface area contributed by atoms with E-state index in [2.05, 4.69) is 5.10 Å². The molecule has 0 atom stereocenters. The summed E-state index contributed by atoms with van der Waals surface area (Å²) in [6.07, 6.45) is 0. The Morgan fingerprint density at radius 3 is 2.31 bits per heavy atom. The molecule has 0 aliphatic carbocycles. The first-order valence-corrected chi connectivity index (χ1v) is 5.04. The molecule has 6 nitrogen and oxygen atoms in total. The number of aromatic nitrogens is 2. The Kier molecular flexibility index (Phi) is 2.42. The summed E-state index contributed by atoms with van der Waals surface area (Å²) in [5.41, 5.74) is 0.848. The van der Waals surface area contributed by atoms with Crippen molar-refractivity contribution in [3.8, 4) is 0 Å². The standard InChI is InChI=1S/C6H11N3O3S/c1-4-6(13(11,12)8-10)5(2)9(3)7-4/h8,10H,1-3H3. The van der Waals surface area contributed by atoms with Crippen molar-refractivity contribution in [1.29, 1.82) is 0 Å². The molecule has 0 fully saturated rings. The first-order valence-electron chi connectivity index (χ1n) is 3.56. The Labute approximate surface area is 76.2 Å². The molecule has 0 saturated carbocycles. The molecule has 7 heteroatoms. The minimum Gasteiger partial charge on any atom is -0.302 e. The molecule has 0 aromatic carbocycles. The summed E-state index contributed by atoms with van der Waals surface area (Å²) >= 11 is 0. The van der Waals surface area contributed by atoms with Gasteiger partial charge in [-0.05, 0) is 13.8 Å². The van der Waals surface area contributed by atoms with Crippen molar-refractivity contribution in [2.45, 2.75) is 18.7 Å². The zero-order valence-corrected chi connectivity index (χ0v) is 8.38. The van der Waals surface area contributed by atoms with Crippen LogP contribution in [0.4, 0.5) is 0 Å². The third-order valence-electron chi connectivity index (χ3n) is 1.83. The zero-order chi connectivity index (χ0) is 10.2. The average Bonchev–Trinajstić information content (AvgIpc) is 2.27. The minimum atomic E-state index is -3.82. The fraction of sp³-hybridized carbons (Fsp3) is 0.500. The second-order valence-corrected chi connectivity index (χ2v) is 4.32. The van der Waals surface area contributed by atoms with Gasteiger partial charge in [-0.1, -0.05) is 4.89 Å². The van der Waals surface area contributed by atoms with E-state index in [0.717, 1.165) is 0 Å². The van der Waals surface area contributed by atoms with Gasteiger partial charge in [0, 0.05) is 7.05 Å². The van der Waals surface area contributed by atoms with E-state index in [1.807, 2.05) is 0 Å². The lowest BCUT2D eigenvalue weighted by Crippen LogP contribution is -2.20. The lowest BCUT2D eigenvalue weighted by atomic mass is 10.4. The minimum absolute atomic E-state index is 0.0255. The summed E-state index contributed by atoms with van der Waals surface area (Å²) in [4.78, 5) is 1.30. The van der Waals surface area contributed by atoms with Gasteiger partial charge in [0.15, 0.2) is 0 Å². The maximum Gasteiger partial charge on any atom is 0.265 e. The molecule has 0 aliphatic heterocycles. The molecule has 0 bridgehead atoms. The first kappa shape index (κ1) is 10.2. The smallest absolute Gasteiger partial charge is 0.265 e. The van der Waals surface area contributed by atoms with Gasteiger partial charge in [0.2, 0.25) is 0 Å². The fourth-order valence-electron chi connectivity index (χ4n) is 1.19. The van der Waals surface area contributed by atoms with Crippen LogP contribution in [0.3, 0.4) is 0 Å². The van der Waals surface area contributed by atoms with Crippen LogP contribution in [-0.2, 0) is 17.1 Å². The lowest BCUT2D eigenvalue weighted by Gasteiger charge is -2.00. The molecule has 1 rings (SSSR count). The highest BCUT2D eigenvalue weighted by molar-refractivity contribution is 7.89. The summed E-state index contributed by atoms with van der Waals surface area (Å²) in [6, 6.07) is 0. The average molecular weight is 205 g/mol. The zero-order valence-electron chi connectivity index (χ0n) is 7.57. The third kappa shape index (κ3) is 1.58. The van der Waals surface area contributed by atoms with Crippen LogP contribution in [0.2, 0.25) is 0 Å². The first-order chi connectivity index (χ1) is 5.90. The summed E-state index contributed by atoms with van der Waals surface area (Å²) < 4.78 is 23.9. The molecule has 2 N–H and O–H groups in total. The molecule has 0 amide bonds. The Balaban J connectivity index is 3.47. The van der Waals surface area contributed by atoms with Crippen molar-refractivity contribution in [1.82, 2.24) is 14.7 Å². The van der Waals surface area contributed by atoms with E-state index in [1.54, 1.807) is 20.9 Å². The Morgan fingerprint density at radius 1 is 1.46 bits per heavy atom. The molecule has 0 unspecified atom stereocenters. The number of sulfonamides is 1. The van der Waals surface area contributed by atoms with Crippen LogP contribution in [0, 0.1) is 13.8 Å². The highest BCUT2D eigenvalue weighted by atomic mass is 32.2. The SMILES string of the molecule is Cc1nn(C)c(C)c1S(=O)(=O)NO. The van der Waals surface area contributed by atoms with Gasteiger partial charge in [0.05, 0.1) is 11.4 Å². The third-order valence-corrected chi connectivity index (χ3v) is 3.20. The van der Waals surface area contributed by atoms with E-state index < -0.39 is 10.0 Å². The quantitative estimate of drug-likeness (QED) is 0.649. The highest BCUT2D eigenvalue weighted by Crippen LogP contribution is 2.17. The molecule has 0 radical (unpaired) electrons. The summed E-state index contributed by atoms with van der Waals surface area (Å²) in [5, 5.41) is 12.3. The van der Waals surface area contributed by atoms with E-state index >= 15 is 0 Å². The molecule has 1 aromatic heterocycles. The van der Waals surface area contributed by atoms with E-state index in [4.69, 9.17) is 5.21 Å². The van der Waals surface area contributed by atoms with Gasteiger partial charge in [-0.2, -0.15) is 5.10 Å². The van der Waals surface area contributed by atoms with Crippen LogP contribution >= 0.6 is 0 Å². The normalized spacial score (nSPS) is 12.0. The summed E-state index contributed by atoms with van der Waals surface area (Å²) in [5.74, 6) is 0. The van der Waals surface area contributed by atoms with Crippen LogP contribution in [0.1, 0.15) is 11.4 Å². The maximum absolute atomic E-state index is 11.2. The molecule has 0 saturated heterocycles. The van der Waals surface area contributed by atoms with Crippen molar-refractivity contribution in [3.05, 3.63) is 11.4 Å². The van der Waals surface area contributed by atoms with Crippen LogP contribution < -0.4 is 4.89 Å². The number of nitrogens with zero attached hydrogens (tertiary/aromatic N) is 2. The maximum atomic E-state index is 11.2. The predicted octanol–water partition coefficient (Wildman–Crippen LogP) is -0.296. The largest absolute Gasteiger partial charge is 0.302 e. The summed E-state index contributed by atoms with van der Waals surface area (Å²) in [6.45, 7) is 3.18. The number of hydrogen-bond donors (Lipinski definition) is 2. The second kappa shape index (κ2) is 3.09. The number of aryl methyl sites for hydroxylation is 2. The topological polar surface area (TPSA) is 84.2 Å². The van der Waals surface area contributed by atoms with Gasteiger partial charge in [-0.15, -0.1) is 0 Å². The van der Waals surface area contributed by atoms with E-state index in [-0.39, 0.29) is 4.90 Å². The number of nitrogens with one attached hydrogen (secondary N) is 1. The van der Waals surface area contributed by atoms with E-state index in [0.29, 0.717) is 11.4 Å². The highest BCUT2D eigenvalue weighted by Gasteiger charge is 2.22. The molecule has 0 spiro atoms. The van der Waals surface area contributed by atoms with Gasteiger partial charge in [0.25, 0.3) is 10.0 Å². The summed E-state index contributed by atoms with van der Waals surface area (Å²) in [7, 11) is -2.18. The van der Waals surface area contributed by atoms with Crippen molar-refractivity contribution < 1.29 is 13.6 Å². The van der Waals surface area contributed by atoms with Crippen LogP contribution in [-0.4, -0.2) is 23.4 Å². The van der Waals surface area contributed by atoms with E-state index in [9.17, 15) is 8.42 Å². The van der Waals surface area contributed by atoms with Crippen molar-refractivity contribution in [3.63, 3.8) is 0 Å². The predicted molar refractivity (Wildman–Crippen MR) is 44.8 cm³/mol. The number of hydrogen-bond acceptors (Lipinski definition) is 4. The van der Waals surface area contributed by atoms with Gasteiger partial charge in [-0.25, -0.2) is 8.42 Å². The Morgan fingerprint density at radius 2 is 2.00 bits per heavy atom. The van der Waals surface area contributed by atoms with Crippen molar-refractivity contribution >= 4 is 10.0 Å². The van der Waals surface area contributed by atoms with Gasteiger partial charge in [-0.3, -0.25) is 4.68 Å². The molecule has 74 valence electrons. The van der Waals surface area contributed by atoms with Crippen LogP contribution in [0.15, 0.2) is 4.90 Å².